The molecule has 148 valence electrons. The Morgan fingerprint density at radius 1 is 1.04 bits per heavy atom. The Balaban J connectivity index is 0.00000280. The van der Waals surface area contributed by atoms with Gasteiger partial charge in [0.1, 0.15) is 6.26 Å². The molecular weight excluding hydrogens is 465 g/mol. The van der Waals surface area contributed by atoms with E-state index in [1.165, 1.54) is 11.3 Å². The molecule has 0 amide bonds. The summed E-state index contributed by atoms with van der Waals surface area (Å²) < 4.78 is 5.57. The summed E-state index contributed by atoms with van der Waals surface area (Å²) in [7, 11) is 5.83. The van der Waals surface area contributed by atoms with Crippen LogP contribution in [-0.4, -0.2) is 32.1 Å². The highest BCUT2D eigenvalue weighted by molar-refractivity contribution is 14.0. The van der Waals surface area contributed by atoms with Gasteiger partial charge < -0.3 is 20.0 Å². The van der Waals surface area contributed by atoms with Crippen molar-refractivity contribution >= 4 is 35.6 Å². The van der Waals surface area contributed by atoms with Crippen LogP contribution in [0.2, 0.25) is 0 Å². The van der Waals surface area contributed by atoms with Crippen LogP contribution in [0.4, 0.5) is 5.69 Å². The Kier molecular flexibility index (Phi) is 8.31. The fourth-order valence-corrected chi connectivity index (χ4v) is 2.63. The van der Waals surface area contributed by atoms with Crippen LogP contribution in [0.25, 0.3) is 11.5 Å². The predicted octanol–water partition coefficient (Wildman–Crippen LogP) is 3.89. The number of anilines is 1. The number of aromatic nitrogens is 1. The highest BCUT2D eigenvalue weighted by Crippen LogP contribution is 2.17. The molecule has 28 heavy (non-hydrogen) atoms. The third-order valence-corrected chi connectivity index (χ3v) is 4.12. The second-order valence-corrected chi connectivity index (χ2v) is 6.35. The molecule has 1 heterocycles. The van der Waals surface area contributed by atoms with E-state index in [9.17, 15) is 0 Å². The summed E-state index contributed by atoms with van der Waals surface area (Å²) >= 11 is 0. The molecule has 7 heteroatoms. The van der Waals surface area contributed by atoms with E-state index >= 15 is 0 Å². The standard InChI is InChI=1S/C21H25N5O.HI/c1-22-21(23-13-16-8-7-11-19(12-16)26(2)3)24-14-18-15-27-20(25-18)17-9-5-4-6-10-17;/h4-12,15H,13-14H2,1-3H3,(H2,22,23,24);1H. The molecular formula is C21H26IN5O. The number of benzene rings is 2. The van der Waals surface area contributed by atoms with Crippen molar-refractivity contribution in [3.8, 4) is 11.5 Å². The van der Waals surface area contributed by atoms with Gasteiger partial charge in [-0.3, -0.25) is 4.99 Å². The van der Waals surface area contributed by atoms with Crippen molar-refractivity contribution in [1.82, 2.24) is 15.6 Å². The third-order valence-electron chi connectivity index (χ3n) is 4.12. The molecule has 2 N–H and O–H groups in total. The molecule has 0 atom stereocenters. The van der Waals surface area contributed by atoms with Gasteiger partial charge in [-0.25, -0.2) is 4.98 Å². The van der Waals surface area contributed by atoms with Gasteiger partial charge in [-0.05, 0) is 29.8 Å². The van der Waals surface area contributed by atoms with E-state index < -0.39 is 0 Å². The highest BCUT2D eigenvalue weighted by atomic mass is 127. The SMILES string of the molecule is CN=C(NCc1cccc(N(C)C)c1)NCc1coc(-c2ccccc2)n1.I. The second-order valence-electron chi connectivity index (χ2n) is 6.35. The quantitative estimate of drug-likeness (QED) is 0.311. The van der Waals surface area contributed by atoms with Crippen LogP contribution >= 0.6 is 24.0 Å². The molecule has 0 radical (unpaired) electrons. The van der Waals surface area contributed by atoms with Crippen LogP contribution in [-0.2, 0) is 13.1 Å². The molecule has 3 rings (SSSR count). The zero-order valence-electron chi connectivity index (χ0n) is 16.3. The van der Waals surface area contributed by atoms with Gasteiger partial charge in [0, 0.05) is 38.9 Å². The lowest BCUT2D eigenvalue weighted by molar-refractivity contribution is 0.572. The summed E-state index contributed by atoms with van der Waals surface area (Å²) in [5, 5.41) is 6.59. The van der Waals surface area contributed by atoms with Crippen molar-refractivity contribution < 1.29 is 4.42 Å². The number of nitrogens with one attached hydrogen (secondary N) is 2. The third kappa shape index (κ3) is 5.98. The smallest absolute Gasteiger partial charge is 0.226 e. The first-order valence-electron chi connectivity index (χ1n) is 8.86. The van der Waals surface area contributed by atoms with Crippen LogP contribution in [0.15, 0.2) is 70.3 Å². The van der Waals surface area contributed by atoms with Crippen molar-refractivity contribution in [1.29, 1.82) is 0 Å². The van der Waals surface area contributed by atoms with Crippen molar-refractivity contribution in [3.05, 3.63) is 72.1 Å². The molecule has 0 fully saturated rings. The lowest BCUT2D eigenvalue weighted by Gasteiger charge is -2.15. The first kappa shape index (κ1) is 21.7. The second kappa shape index (κ2) is 10.7. The summed E-state index contributed by atoms with van der Waals surface area (Å²) in [6, 6.07) is 18.3. The van der Waals surface area contributed by atoms with Gasteiger partial charge in [0.05, 0.1) is 12.2 Å². The number of hydrogen-bond acceptors (Lipinski definition) is 4. The van der Waals surface area contributed by atoms with Crippen molar-refractivity contribution in [2.75, 3.05) is 26.0 Å². The number of halogens is 1. The normalized spacial score (nSPS) is 10.9. The largest absolute Gasteiger partial charge is 0.444 e. The lowest BCUT2D eigenvalue weighted by atomic mass is 10.2. The van der Waals surface area contributed by atoms with Gasteiger partial charge >= 0.3 is 0 Å². The minimum Gasteiger partial charge on any atom is -0.444 e. The van der Waals surface area contributed by atoms with E-state index in [0.29, 0.717) is 19.0 Å². The van der Waals surface area contributed by atoms with E-state index in [0.717, 1.165) is 17.2 Å². The number of hydrogen-bond donors (Lipinski definition) is 2. The Bertz CT molecular complexity index is 893. The van der Waals surface area contributed by atoms with E-state index in [-0.39, 0.29) is 24.0 Å². The van der Waals surface area contributed by atoms with E-state index in [2.05, 4.69) is 49.8 Å². The zero-order valence-corrected chi connectivity index (χ0v) is 18.7. The van der Waals surface area contributed by atoms with Crippen LogP contribution in [0.5, 0.6) is 0 Å². The molecule has 1 aromatic heterocycles. The minimum atomic E-state index is 0. The van der Waals surface area contributed by atoms with Gasteiger partial charge in [-0.1, -0.05) is 30.3 Å². The van der Waals surface area contributed by atoms with Crippen LogP contribution in [0.3, 0.4) is 0 Å². The zero-order chi connectivity index (χ0) is 19.1. The molecule has 0 aliphatic heterocycles. The van der Waals surface area contributed by atoms with Crippen LogP contribution in [0.1, 0.15) is 11.3 Å². The molecule has 0 saturated carbocycles. The van der Waals surface area contributed by atoms with Crippen molar-refractivity contribution in [2.45, 2.75) is 13.1 Å². The summed E-state index contributed by atoms with van der Waals surface area (Å²) in [4.78, 5) is 10.9. The van der Waals surface area contributed by atoms with Gasteiger partial charge in [0.2, 0.25) is 5.89 Å². The summed E-state index contributed by atoms with van der Waals surface area (Å²) in [6.07, 6.45) is 1.67. The maximum Gasteiger partial charge on any atom is 0.226 e. The Hall–Kier alpha value is -2.55. The molecule has 0 aliphatic rings. The Morgan fingerprint density at radius 3 is 2.50 bits per heavy atom. The molecule has 0 saturated heterocycles. The minimum absolute atomic E-state index is 0. The molecule has 0 bridgehead atoms. The summed E-state index contributed by atoms with van der Waals surface area (Å²) in [5.41, 5.74) is 4.16. The molecule has 3 aromatic rings. The van der Waals surface area contributed by atoms with Gasteiger partial charge in [0.25, 0.3) is 0 Å². The van der Waals surface area contributed by atoms with E-state index in [4.69, 9.17) is 4.42 Å². The van der Waals surface area contributed by atoms with E-state index in [1.807, 2.05) is 44.4 Å². The first-order chi connectivity index (χ1) is 13.2. The maximum atomic E-state index is 5.57. The number of oxazole rings is 1. The Morgan fingerprint density at radius 2 is 1.79 bits per heavy atom. The molecule has 2 aromatic carbocycles. The lowest BCUT2D eigenvalue weighted by Crippen LogP contribution is -2.36. The summed E-state index contributed by atoms with van der Waals surface area (Å²) in [5.74, 6) is 1.34. The predicted molar refractivity (Wildman–Crippen MR) is 125 cm³/mol. The first-order valence-corrected chi connectivity index (χ1v) is 8.86. The highest BCUT2D eigenvalue weighted by Gasteiger charge is 2.07. The van der Waals surface area contributed by atoms with Crippen molar-refractivity contribution in [3.63, 3.8) is 0 Å². The van der Waals surface area contributed by atoms with E-state index in [1.54, 1.807) is 13.3 Å². The van der Waals surface area contributed by atoms with Gasteiger partial charge in [0.15, 0.2) is 5.96 Å². The molecule has 6 nitrogen and oxygen atoms in total. The summed E-state index contributed by atoms with van der Waals surface area (Å²) in [6.45, 7) is 1.23. The fourth-order valence-electron chi connectivity index (χ4n) is 2.63. The topological polar surface area (TPSA) is 65.7 Å². The average molecular weight is 491 g/mol. The monoisotopic (exact) mass is 491 g/mol. The Labute approximate surface area is 183 Å². The average Bonchev–Trinajstić information content (AvgIpc) is 3.18. The number of rotatable bonds is 6. The number of guanidine groups is 1. The fraction of sp³-hybridized carbons (Fsp3) is 0.238. The molecule has 0 spiro atoms. The van der Waals surface area contributed by atoms with Crippen LogP contribution in [0, 0.1) is 0 Å². The molecule has 0 unspecified atom stereocenters. The molecule has 0 aliphatic carbocycles. The maximum absolute atomic E-state index is 5.57. The number of aliphatic imine (C=N–C) groups is 1. The van der Waals surface area contributed by atoms with Crippen molar-refractivity contribution in [2.24, 2.45) is 4.99 Å². The van der Waals surface area contributed by atoms with Crippen LogP contribution < -0.4 is 15.5 Å². The number of nitrogens with zero attached hydrogens (tertiary/aromatic N) is 3. The van der Waals surface area contributed by atoms with Gasteiger partial charge in [-0.15, -0.1) is 24.0 Å². The van der Waals surface area contributed by atoms with Gasteiger partial charge in [-0.2, -0.15) is 0 Å².